The minimum atomic E-state index is 0.379. The standard InChI is InChI=1S/C13H23N3S/c1-3-7-14-11(2)12-10-17-13(15-12)16-8-5-4-6-9-16/h10-11,14H,3-9H2,1-2H3. The summed E-state index contributed by atoms with van der Waals surface area (Å²) in [6.45, 7) is 7.83. The number of nitrogens with zero attached hydrogens (tertiary/aromatic N) is 2. The molecule has 1 aromatic heterocycles. The van der Waals surface area contributed by atoms with Gasteiger partial charge in [0.2, 0.25) is 0 Å². The molecule has 1 atom stereocenters. The lowest BCUT2D eigenvalue weighted by molar-refractivity contribution is 0.555. The highest BCUT2D eigenvalue weighted by atomic mass is 32.1. The zero-order valence-corrected chi connectivity index (χ0v) is 11.7. The Hall–Kier alpha value is -0.610. The number of rotatable bonds is 5. The highest BCUT2D eigenvalue weighted by Gasteiger charge is 2.16. The summed E-state index contributed by atoms with van der Waals surface area (Å²) in [5.74, 6) is 0. The van der Waals surface area contributed by atoms with Crippen LogP contribution >= 0.6 is 11.3 Å². The van der Waals surface area contributed by atoms with Crippen molar-refractivity contribution in [2.24, 2.45) is 0 Å². The zero-order chi connectivity index (χ0) is 12.1. The predicted molar refractivity (Wildman–Crippen MR) is 74.9 cm³/mol. The Morgan fingerprint density at radius 2 is 2.18 bits per heavy atom. The summed E-state index contributed by atoms with van der Waals surface area (Å²) in [5.41, 5.74) is 1.20. The van der Waals surface area contributed by atoms with Crippen LogP contribution in [0.5, 0.6) is 0 Å². The van der Waals surface area contributed by atoms with Crippen LogP contribution < -0.4 is 10.2 Å². The van der Waals surface area contributed by atoms with E-state index in [4.69, 9.17) is 4.98 Å². The molecule has 0 spiro atoms. The van der Waals surface area contributed by atoms with Gasteiger partial charge in [-0.1, -0.05) is 6.92 Å². The van der Waals surface area contributed by atoms with Crippen molar-refractivity contribution < 1.29 is 0 Å². The predicted octanol–water partition coefficient (Wildman–Crippen LogP) is 3.19. The van der Waals surface area contributed by atoms with Crippen LogP contribution in [0.2, 0.25) is 0 Å². The number of anilines is 1. The molecule has 1 aromatic rings. The molecule has 1 N–H and O–H groups in total. The molecular formula is C13H23N3S. The lowest BCUT2D eigenvalue weighted by atomic mass is 10.1. The fourth-order valence-electron chi connectivity index (χ4n) is 2.17. The smallest absolute Gasteiger partial charge is 0.185 e. The first-order chi connectivity index (χ1) is 8.31. The summed E-state index contributed by atoms with van der Waals surface area (Å²) in [6, 6.07) is 0.379. The van der Waals surface area contributed by atoms with E-state index >= 15 is 0 Å². The van der Waals surface area contributed by atoms with Crippen molar-refractivity contribution in [3.8, 4) is 0 Å². The first-order valence-corrected chi connectivity index (χ1v) is 7.63. The van der Waals surface area contributed by atoms with Crippen LogP contribution in [0.3, 0.4) is 0 Å². The molecule has 0 saturated carbocycles. The number of aromatic nitrogens is 1. The molecule has 0 radical (unpaired) electrons. The second kappa shape index (κ2) is 6.36. The van der Waals surface area contributed by atoms with E-state index in [-0.39, 0.29) is 0 Å². The molecule has 0 amide bonds. The topological polar surface area (TPSA) is 28.2 Å². The molecule has 1 unspecified atom stereocenters. The zero-order valence-electron chi connectivity index (χ0n) is 10.9. The number of hydrogen-bond acceptors (Lipinski definition) is 4. The van der Waals surface area contributed by atoms with Gasteiger partial charge in [0.25, 0.3) is 0 Å². The van der Waals surface area contributed by atoms with Gasteiger partial charge in [0.15, 0.2) is 5.13 Å². The van der Waals surface area contributed by atoms with Crippen LogP contribution in [0.1, 0.15) is 51.3 Å². The molecule has 96 valence electrons. The molecule has 4 heteroatoms. The van der Waals surface area contributed by atoms with Gasteiger partial charge in [0.1, 0.15) is 0 Å². The lowest BCUT2D eigenvalue weighted by Gasteiger charge is -2.25. The Bertz CT molecular complexity index is 331. The summed E-state index contributed by atoms with van der Waals surface area (Å²) in [7, 11) is 0. The van der Waals surface area contributed by atoms with Crippen LogP contribution in [0.4, 0.5) is 5.13 Å². The van der Waals surface area contributed by atoms with Gasteiger partial charge >= 0.3 is 0 Å². The summed E-state index contributed by atoms with van der Waals surface area (Å²) in [5, 5.41) is 6.91. The van der Waals surface area contributed by atoms with Crippen LogP contribution in [0, 0.1) is 0 Å². The van der Waals surface area contributed by atoms with Gasteiger partial charge in [0, 0.05) is 24.5 Å². The highest BCUT2D eigenvalue weighted by Crippen LogP contribution is 2.26. The quantitative estimate of drug-likeness (QED) is 0.873. The lowest BCUT2D eigenvalue weighted by Crippen LogP contribution is -2.29. The third-order valence-electron chi connectivity index (χ3n) is 3.28. The van der Waals surface area contributed by atoms with E-state index in [0.717, 1.165) is 6.54 Å². The van der Waals surface area contributed by atoms with Gasteiger partial charge in [-0.05, 0) is 39.2 Å². The Morgan fingerprint density at radius 3 is 2.88 bits per heavy atom. The third kappa shape index (κ3) is 3.42. The third-order valence-corrected chi connectivity index (χ3v) is 4.20. The van der Waals surface area contributed by atoms with E-state index in [1.807, 2.05) is 0 Å². The molecule has 1 aliphatic rings. The Kier molecular flexibility index (Phi) is 4.80. The van der Waals surface area contributed by atoms with Crippen molar-refractivity contribution in [2.75, 3.05) is 24.5 Å². The minimum absolute atomic E-state index is 0.379. The van der Waals surface area contributed by atoms with E-state index in [2.05, 4.69) is 29.4 Å². The molecule has 1 aliphatic heterocycles. The van der Waals surface area contributed by atoms with Crippen LogP contribution in [-0.4, -0.2) is 24.6 Å². The van der Waals surface area contributed by atoms with Crippen molar-refractivity contribution in [2.45, 2.75) is 45.6 Å². The van der Waals surface area contributed by atoms with Gasteiger partial charge in [-0.25, -0.2) is 4.98 Å². The largest absolute Gasteiger partial charge is 0.348 e. The first-order valence-electron chi connectivity index (χ1n) is 6.75. The van der Waals surface area contributed by atoms with Crippen molar-refractivity contribution >= 4 is 16.5 Å². The molecular weight excluding hydrogens is 230 g/mol. The van der Waals surface area contributed by atoms with Crippen molar-refractivity contribution in [3.63, 3.8) is 0 Å². The fourth-order valence-corrected chi connectivity index (χ4v) is 3.14. The first kappa shape index (κ1) is 12.8. The van der Waals surface area contributed by atoms with Crippen LogP contribution in [-0.2, 0) is 0 Å². The van der Waals surface area contributed by atoms with Crippen LogP contribution in [0.15, 0.2) is 5.38 Å². The fraction of sp³-hybridized carbons (Fsp3) is 0.769. The Morgan fingerprint density at radius 1 is 1.41 bits per heavy atom. The summed E-state index contributed by atoms with van der Waals surface area (Å²) in [6.07, 6.45) is 5.19. The van der Waals surface area contributed by atoms with Gasteiger partial charge in [-0.15, -0.1) is 11.3 Å². The van der Waals surface area contributed by atoms with Crippen molar-refractivity contribution in [1.29, 1.82) is 0 Å². The van der Waals surface area contributed by atoms with E-state index in [0.29, 0.717) is 6.04 Å². The van der Waals surface area contributed by atoms with E-state index < -0.39 is 0 Å². The van der Waals surface area contributed by atoms with E-state index in [9.17, 15) is 0 Å². The highest BCUT2D eigenvalue weighted by molar-refractivity contribution is 7.13. The molecule has 0 bridgehead atoms. The maximum atomic E-state index is 4.77. The average Bonchev–Trinajstić information content (AvgIpc) is 2.86. The molecule has 3 nitrogen and oxygen atoms in total. The number of piperidine rings is 1. The van der Waals surface area contributed by atoms with Gasteiger partial charge < -0.3 is 10.2 Å². The molecule has 1 fully saturated rings. The Labute approximate surface area is 108 Å². The number of thiazole rings is 1. The normalized spacial score (nSPS) is 18.4. The SMILES string of the molecule is CCCNC(C)c1csc(N2CCCCC2)n1. The monoisotopic (exact) mass is 253 g/mol. The molecule has 1 saturated heterocycles. The molecule has 17 heavy (non-hydrogen) atoms. The van der Waals surface area contributed by atoms with Gasteiger partial charge in [-0.3, -0.25) is 0 Å². The minimum Gasteiger partial charge on any atom is -0.348 e. The van der Waals surface area contributed by atoms with E-state index in [1.165, 1.54) is 49.6 Å². The van der Waals surface area contributed by atoms with Gasteiger partial charge in [-0.2, -0.15) is 0 Å². The van der Waals surface area contributed by atoms with E-state index in [1.54, 1.807) is 11.3 Å². The summed E-state index contributed by atoms with van der Waals surface area (Å²) < 4.78 is 0. The van der Waals surface area contributed by atoms with Crippen LogP contribution in [0.25, 0.3) is 0 Å². The van der Waals surface area contributed by atoms with Gasteiger partial charge in [0.05, 0.1) is 5.69 Å². The van der Waals surface area contributed by atoms with Crippen molar-refractivity contribution in [1.82, 2.24) is 10.3 Å². The molecule has 0 aromatic carbocycles. The second-order valence-electron chi connectivity index (χ2n) is 4.78. The number of hydrogen-bond donors (Lipinski definition) is 1. The Balaban J connectivity index is 1.94. The summed E-state index contributed by atoms with van der Waals surface area (Å²) >= 11 is 1.79. The van der Waals surface area contributed by atoms with Crippen molar-refractivity contribution in [3.05, 3.63) is 11.1 Å². The summed E-state index contributed by atoms with van der Waals surface area (Å²) in [4.78, 5) is 7.20. The molecule has 0 aliphatic carbocycles. The number of nitrogens with one attached hydrogen (secondary N) is 1. The molecule has 2 rings (SSSR count). The molecule has 2 heterocycles. The maximum Gasteiger partial charge on any atom is 0.185 e. The second-order valence-corrected chi connectivity index (χ2v) is 5.62. The maximum absolute atomic E-state index is 4.77. The average molecular weight is 253 g/mol.